The molecule has 0 spiro atoms. The van der Waals surface area contributed by atoms with Gasteiger partial charge in [-0.15, -0.1) is 0 Å². The minimum Gasteiger partial charge on any atom is -0.369 e. The van der Waals surface area contributed by atoms with E-state index in [1.165, 1.54) is 0 Å². The Labute approximate surface area is 120 Å². The molecule has 1 aromatic rings. The Morgan fingerprint density at radius 2 is 2.11 bits per heavy atom. The number of nitrogens with zero attached hydrogens (tertiary/aromatic N) is 1. The van der Waals surface area contributed by atoms with Crippen molar-refractivity contribution >= 4 is 33.6 Å². The molecule has 1 aliphatic rings. The van der Waals surface area contributed by atoms with E-state index in [-0.39, 0.29) is 17.9 Å². The lowest BCUT2D eigenvalue weighted by molar-refractivity contribution is -0.123. The quantitative estimate of drug-likeness (QED) is 0.874. The first-order valence-electron chi connectivity index (χ1n) is 6.17. The van der Waals surface area contributed by atoms with Gasteiger partial charge in [0.25, 0.3) is 0 Å². The Bertz CT molecular complexity index is 493. The first-order valence-corrected chi connectivity index (χ1v) is 6.97. The van der Waals surface area contributed by atoms with Crippen LogP contribution in [0.4, 0.5) is 10.5 Å². The molecule has 1 fully saturated rings. The molecule has 1 atom stereocenters. The number of amides is 3. The van der Waals surface area contributed by atoms with Crippen molar-refractivity contribution in [2.45, 2.75) is 12.8 Å². The number of likely N-dealkylation sites (tertiary alicyclic amines) is 1. The Balaban J connectivity index is 2.00. The first-order chi connectivity index (χ1) is 9.08. The van der Waals surface area contributed by atoms with Gasteiger partial charge >= 0.3 is 6.03 Å². The summed E-state index contributed by atoms with van der Waals surface area (Å²) in [5, 5.41) is 2.83. The van der Waals surface area contributed by atoms with Gasteiger partial charge in [0.05, 0.1) is 11.6 Å². The minimum atomic E-state index is -0.335. The second-order valence-corrected chi connectivity index (χ2v) is 5.45. The number of rotatable bonds is 2. The Hall–Kier alpha value is -1.56. The number of anilines is 1. The topological polar surface area (TPSA) is 75.4 Å². The van der Waals surface area contributed by atoms with E-state index < -0.39 is 0 Å². The second kappa shape index (κ2) is 6.06. The van der Waals surface area contributed by atoms with Crippen LogP contribution in [-0.4, -0.2) is 29.9 Å². The van der Waals surface area contributed by atoms with Crippen LogP contribution in [0.3, 0.4) is 0 Å². The predicted molar refractivity (Wildman–Crippen MR) is 76.7 cm³/mol. The van der Waals surface area contributed by atoms with Crippen LogP contribution in [0.15, 0.2) is 28.7 Å². The fourth-order valence-electron chi connectivity index (χ4n) is 2.15. The van der Waals surface area contributed by atoms with Gasteiger partial charge in [-0.3, -0.25) is 4.79 Å². The van der Waals surface area contributed by atoms with Crippen molar-refractivity contribution in [2.75, 3.05) is 18.4 Å². The second-order valence-electron chi connectivity index (χ2n) is 4.60. The molecule has 19 heavy (non-hydrogen) atoms. The molecular formula is C13H16BrN3O2. The highest BCUT2D eigenvalue weighted by Crippen LogP contribution is 2.23. The third-order valence-electron chi connectivity index (χ3n) is 3.23. The molecule has 0 bridgehead atoms. The molecule has 0 aliphatic carbocycles. The lowest BCUT2D eigenvalue weighted by Crippen LogP contribution is -2.45. The number of carbonyl (C=O) groups excluding carboxylic acids is 2. The highest BCUT2D eigenvalue weighted by molar-refractivity contribution is 9.10. The van der Waals surface area contributed by atoms with Gasteiger partial charge in [-0.05, 0) is 40.9 Å². The molecule has 6 heteroatoms. The van der Waals surface area contributed by atoms with E-state index in [9.17, 15) is 9.59 Å². The number of piperidine rings is 1. The number of nitrogens with one attached hydrogen (secondary N) is 1. The van der Waals surface area contributed by atoms with Crippen molar-refractivity contribution in [2.24, 2.45) is 11.7 Å². The standard InChI is InChI=1S/C13H16BrN3O2/c14-10-5-1-2-6-11(10)16-13(19)17-7-3-4-9(8-17)12(15)18/h1-2,5-6,9H,3-4,7-8H2,(H2,15,18)(H,16,19). The Morgan fingerprint density at radius 3 is 2.79 bits per heavy atom. The largest absolute Gasteiger partial charge is 0.369 e. The molecule has 5 nitrogen and oxygen atoms in total. The third kappa shape index (κ3) is 3.47. The number of urea groups is 1. The highest BCUT2D eigenvalue weighted by atomic mass is 79.9. The maximum Gasteiger partial charge on any atom is 0.321 e. The van der Waals surface area contributed by atoms with Crippen molar-refractivity contribution in [3.05, 3.63) is 28.7 Å². The van der Waals surface area contributed by atoms with Crippen LogP contribution in [0.1, 0.15) is 12.8 Å². The van der Waals surface area contributed by atoms with Gasteiger partial charge in [0.1, 0.15) is 0 Å². The van der Waals surface area contributed by atoms with Crippen molar-refractivity contribution < 1.29 is 9.59 Å². The molecule has 1 saturated heterocycles. The van der Waals surface area contributed by atoms with E-state index in [1.54, 1.807) is 4.90 Å². The van der Waals surface area contributed by atoms with Crippen LogP contribution < -0.4 is 11.1 Å². The Kier molecular flexibility index (Phi) is 4.42. The summed E-state index contributed by atoms with van der Waals surface area (Å²) in [6.45, 7) is 1.05. The van der Waals surface area contributed by atoms with Crippen LogP contribution >= 0.6 is 15.9 Å². The number of halogens is 1. The number of primary amides is 1. The van der Waals surface area contributed by atoms with E-state index in [1.807, 2.05) is 24.3 Å². The molecular weight excluding hydrogens is 310 g/mol. The van der Waals surface area contributed by atoms with Gasteiger partial charge in [-0.2, -0.15) is 0 Å². The first kappa shape index (κ1) is 13.9. The average molecular weight is 326 g/mol. The summed E-state index contributed by atoms with van der Waals surface area (Å²) in [5.74, 6) is -0.572. The molecule has 1 aliphatic heterocycles. The van der Waals surface area contributed by atoms with Crippen molar-refractivity contribution in [1.82, 2.24) is 4.90 Å². The zero-order chi connectivity index (χ0) is 13.8. The maximum atomic E-state index is 12.1. The molecule has 0 radical (unpaired) electrons. The number of benzene rings is 1. The molecule has 0 saturated carbocycles. The summed E-state index contributed by atoms with van der Waals surface area (Å²) in [7, 11) is 0. The van der Waals surface area contributed by atoms with Crippen LogP contribution in [0.2, 0.25) is 0 Å². The smallest absolute Gasteiger partial charge is 0.321 e. The summed E-state index contributed by atoms with van der Waals surface area (Å²) in [4.78, 5) is 25.0. The lowest BCUT2D eigenvalue weighted by Gasteiger charge is -2.31. The van der Waals surface area contributed by atoms with E-state index in [2.05, 4.69) is 21.2 Å². The average Bonchev–Trinajstić information content (AvgIpc) is 2.41. The number of hydrogen-bond donors (Lipinski definition) is 2. The van der Waals surface area contributed by atoms with E-state index >= 15 is 0 Å². The highest BCUT2D eigenvalue weighted by Gasteiger charge is 2.27. The molecule has 3 N–H and O–H groups in total. The molecule has 1 heterocycles. The molecule has 0 aromatic heterocycles. The number of para-hydroxylation sites is 1. The van der Waals surface area contributed by atoms with Crippen LogP contribution in [-0.2, 0) is 4.79 Å². The van der Waals surface area contributed by atoms with Crippen molar-refractivity contribution in [3.8, 4) is 0 Å². The Morgan fingerprint density at radius 1 is 1.37 bits per heavy atom. The molecule has 2 rings (SSSR count). The van der Waals surface area contributed by atoms with Gasteiger partial charge in [0.15, 0.2) is 0 Å². The minimum absolute atomic E-state index is 0.196. The SMILES string of the molecule is NC(=O)C1CCCN(C(=O)Nc2ccccc2Br)C1. The number of hydrogen-bond acceptors (Lipinski definition) is 2. The third-order valence-corrected chi connectivity index (χ3v) is 3.92. The van der Waals surface area contributed by atoms with E-state index in [0.717, 1.165) is 17.3 Å². The van der Waals surface area contributed by atoms with Gasteiger partial charge in [-0.1, -0.05) is 12.1 Å². The number of nitrogens with two attached hydrogens (primary N) is 1. The summed E-state index contributed by atoms with van der Waals surface area (Å²) in [5.41, 5.74) is 6.02. The maximum absolute atomic E-state index is 12.1. The summed E-state index contributed by atoms with van der Waals surface area (Å²) >= 11 is 3.38. The zero-order valence-electron chi connectivity index (χ0n) is 10.4. The number of carbonyl (C=O) groups is 2. The van der Waals surface area contributed by atoms with Gasteiger partial charge < -0.3 is 16.0 Å². The molecule has 1 aromatic carbocycles. The van der Waals surface area contributed by atoms with E-state index in [4.69, 9.17) is 5.73 Å². The summed E-state index contributed by atoms with van der Waals surface area (Å²) in [6.07, 6.45) is 1.56. The zero-order valence-corrected chi connectivity index (χ0v) is 12.0. The lowest BCUT2D eigenvalue weighted by atomic mass is 9.98. The fraction of sp³-hybridized carbons (Fsp3) is 0.385. The van der Waals surface area contributed by atoms with Crippen LogP contribution in [0, 0.1) is 5.92 Å². The summed E-state index contributed by atoms with van der Waals surface area (Å²) in [6, 6.07) is 7.21. The fourth-order valence-corrected chi connectivity index (χ4v) is 2.53. The van der Waals surface area contributed by atoms with E-state index in [0.29, 0.717) is 18.8 Å². The normalized spacial score (nSPS) is 19.0. The van der Waals surface area contributed by atoms with Crippen molar-refractivity contribution in [1.29, 1.82) is 0 Å². The van der Waals surface area contributed by atoms with Gasteiger partial charge in [0, 0.05) is 17.6 Å². The molecule has 1 unspecified atom stereocenters. The van der Waals surface area contributed by atoms with Gasteiger partial charge in [0.2, 0.25) is 5.91 Å². The monoisotopic (exact) mass is 325 g/mol. The van der Waals surface area contributed by atoms with Crippen LogP contribution in [0.25, 0.3) is 0 Å². The summed E-state index contributed by atoms with van der Waals surface area (Å²) < 4.78 is 0.826. The molecule has 102 valence electrons. The van der Waals surface area contributed by atoms with Crippen molar-refractivity contribution in [3.63, 3.8) is 0 Å². The van der Waals surface area contributed by atoms with Gasteiger partial charge in [-0.25, -0.2) is 4.79 Å². The van der Waals surface area contributed by atoms with Crippen LogP contribution in [0.5, 0.6) is 0 Å². The predicted octanol–water partition coefficient (Wildman–Crippen LogP) is 2.18. The molecule has 3 amide bonds.